The van der Waals surface area contributed by atoms with Gasteiger partial charge in [0.05, 0.1) is 14.8 Å². The number of nitrogens with zero attached hydrogens (tertiary/aromatic N) is 1. The molecule has 0 bridgehead atoms. The molecule has 0 aliphatic heterocycles. The Labute approximate surface area is 187 Å². The van der Waals surface area contributed by atoms with Crippen LogP contribution in [0.15, 0.2) is 70.3 Å². The number of amidine groups is 1. The van der Waals surface area contributed by atoms with Crippen LogP contribution in [0.3, 0.4) is 0 Å². The van der Waals surface area contributed by atoms with E-state index in [0.29, 0.717) is 6.61 Å². The Morgan fingerprint density at radius 3 is 2.63 bits per heavy atom. The third kappa shape index (κ3) is 4.84. The summed E-state index contributed by atoms with van der Waals surface area (Å²) in [6, 6.07) is 19.9. The number of thiophene rings is 1. The predicted molar refractivity (Wildman–Crippen MR) is 129 cm³/mol. The normalized spacial score (nSPS) is 10.7. The third-order valence-corrected chi connectivity index (χ3v) is 7.34. The van der Waals surface area contributed by atoms with Gasteiger partial charge in [-0.1, -0.05) is 30.3 Å². The maximum atomic E-state index is 7.67. The molecule has 0 atom stereocenters. The fraction of sp³-hybridized carbons (Fsp3) is 0.0909. The zero-order chi connectivity index (χ0) is 20.9. The van der Waals surface area contributed by atoms with Gasteiger partial charge in [-0.3, -0.25) is 5.41 Å². The minimum absolute atomic E-state index is 0.0877. The second kappa shape index (κ2) is 9.34. The zero-order valence-electron chi connectivity index (χ0n) is 16.2. The van der Waals surface area contributed by atoms with E-state index in [2.05, 4.69) is 5.32 Å². The Kier molecular flexibility index (Phi) is 6.37. The number of nitrogens with two attached hydrogens (primary N) is 1. The van der Waals surface area contributed by atoms with Gasteiger partial charge in [0.1, 0.15) is 18.2 Å². The first-order valence-corrected chi connectivity index (χ1v) is 12.1. The molecule has 0 fully saturated rings. The molecule has 5 nitrogen and oxygen atoms in total. The zero-order valence-corrected chi connectivity index (χ0v) is 18.7. The van der Waals surface area contributed by atoms with Gasteiger partial charge in [0, 0.05) is 16.6 Å². The number of anilines is 2. The van der Waals surface area contributed by atoms with Crippen LogP contribution in [0.4, 0.5) is 10.8 Å². The van der Waals surface area contributed by atoms with Crippen molar-refractivity contribution in [3.05, 3.63) is 76.5 Å². The maximum Gasteiger partial charge on any atom is 0.187 e. The summed E-state index contributed by atoms with van der Waals surface area (Å²) >= 11 is 4.71. The largest absolute Gasteiger partial charge is 0.489 e. The summed E-state index contributed by atoms with van der Waals surface area (Å²) in [5.41, 5.74) is 9.64. The lowest BCUT2D eigenvalue weighted by atomic mass is 10.2. The second-order valence-corrected chi connectivity index (χ2v) is 9.38. The lowest BCUT2D eigenvalue weighted by molar-refractivity contribution is 0.306. The number of ether oxygens (including phenoxy) is 1. The molecule has 0 saturated heterocycles. The molecule has 152 valence electrons. The summed E-state index contributed by atoms with van der Waals surface area (Å²) in [4.78, 5) is 5.48. The standard InChI is InChI=1S/C22H20N4OS3/c1-28-21-17(11-19(30-21)20(23)24)18-13-29-22(26-18)25-15-7-9-16(10-8-15)27-12-14-5-3-2-4-6-14/h2-11,13H,12H2,1H3,(H3,23,24)(H,25,26). The van der Waals surface area contributed by atoms with E-state index < -0.39 is 0 Å². The van der Waals surface area contributed by atoms with E-state index in [1.165, 1.54) is 11.3 Å². The molecule has 0 saturated carbocycles. The average molecular weight is 453 g/mol. The van der Waals surface area contributed by atoms with E-state index in [0.717, 1.165) is 42.5 Å². The van der Waals surface area contributed by atoms with Crippen molar-refractivity contribution in [2.24, 2.45) is 5.73 Å². The van der Waals surface area contributed by atoms with E-state index in [1.54, 1.807) is 23.1 Å². The minimum atomic E-state index is 0.0877. The number of aromatic nitrogens is 1. The first-order valence-electron chi connectivity index (χ1n) is 9.14. The van der Waals surface area contributed by atoms with Crippen molar-refractivity contribution in [1.29, 1.82) is 5.41 Å². The van der Waals surface area contributed by atoms with Gasteiger partial charge in [0.2, 0.25) is 0 Å². The van der Waals surface area contributed by atoms with Crippen molar-refractivity contribution in [2.45, 2.75) is 10.8 Å². The van der Waals surface area contributed by atoms with Gasteiger partial charge >= 0.3 is 0 Å². The van der Waals surface area contributed by atoms with E-state index in [4.69, 9.17) is 20.9 Å². The summed E-state index contributed by atoms with van der Waals surface area (Å²) in [5, 5.41) is 13.8. The first kappa shape index (κ1) is 20.5. The molecule has 0 aliphatic rings. The van der Waals surface area contributed by atoms with Crippen molar-refractivity contribution < 1.29 is 4.74 Å². The van der Waals surface area contributed by atoms with Crippen LogP contribution >= 0.6 is 34.4 Å². The van der Waals surface area contributed by atoms with Gasteiger partial charge in [-0.15, -0.1) is 34.4 Å². The molecular formula is C22H20N4OS3. The summed E-state index contributed by atoms with van der Waals surface area (Å²) in [7, 11) is 0. The minimum Gasteiger partial charge on any atom is -0.489 e. The Hall–Kier alpha value is -2.81. The number of thiazole rings is 1. The summed E-state index contributed by atoms with van der Waals surface area (Å²) in [5.74, 6) is 0.911. The molecule has 4 N–H and O–H groups in total. The van der Waals surface area contributed by atoms with Crippen LogP contribution in [0.2, 0.25) is 0 Å². The molecular weight excluding hydrogens is 432 g/mol. The van der Waals surface area contributed by atoms with Crippen LogP contribution in [0.1, 0.15) is 10.4 Å². The van der Waals surface area contributed by atoms with E-state index >= 15 is 0 Å². The van der Waals surface area contributed by atoms with Gasteiger partial charge in [-0.2, -0.15) is 0 Å². The molecule has 2 aromatic heterocycles. The second-order valence-electron chi connectivity index (χ2n) is 6.39. The van der Waals surface area contributed by atoms with Crippen molar-refractivity contribution in [1.82, 2.24) is 4.98 Å². The Morgan fingerprint density at radius 1 is 1.17 bits per heavy atom. The van der Waals surface area contributed by atoms with Crippen LogP contribution < -0.4 is 15.8 Å². The molecule has 0 aliphatic carbocycles. The van der Waals surface area contributed by atoms with Crippen molar-refractivity contribution >= 4 is 51.1 Å². The number of nitrogen functional groups attached to an aromatic ring is 1. The Morgan fingerprint density at radius 2 is 1.93 bits per heavy atom. The van der Waals surface area contributed by atoms with Crippen LogP contribution in [-0.2, 0) is 6.61 Å². The van der Waals surface area contributed by atoms with Crippen LogP contribution in [-0.4, -0.2) is 17.1 Å². The maximum absolute atomic E-state index is 7.67. The van der Waals surface area contributed by atoms with E-state index in [-0.39, 0.29) is 5.84 Å². The van der Waals surface area contributed by atoms with Gasteiger partial charge in [0.25, 0.3) is 0 Å². The fourth-order valence-electron chi connectivity index (χ4n) is 2.79. The number of nitrogens with one attached hydrogen (secondary N) is 2. The molecule has 2 aromatic carbocycles. The number of benzene rings is 2. The van der Waals surface area contributed by atoms with Crippen molar-refractivity contribution in [2.75, 3.05) is 11.6 Å². The summed E-state index contributed by atoms with van der Waals surface area (Å²) in [6.07, 6.45) is 2.02. The van der Waals surface area contributed by atoms with Crippen LogP contribution in [0, 0.1) is 5.41 Å². The highest BCUT2D eigenvalue weighted by Gasteiger charge is 2.15. The van der Waals surface area contributed by atoms with Crippen LogP contribution in [0.25, 0.3) is 11.3 Å². The van der Waals surface area contributed by atoms with Crippen molar-refractivity contribution in [3.63, 3.8) is 0 Å². The highest BCUT2D eigenvalue weighted by molar-refractivity contribution is 8.00. The number of rotatable bonds is 8. The molecule has 0 radical (unpaired) electrons. The van der Waals surface area contributed by atoms with Gasteiger partial charge in [-0.05, 0) is 42.2 Å². The fourth-order valence-corrected chi connectivity index (χ4v) is 5.27. The third-order valence-electron chi connectivity index (χ3n) is 4.28. The molecule has 4 aromatic rings. The predicted octanol–water partition coefficient (Wildman–Crippen LogP) is 6.20. The molecule has 2 heterocycles. The van der Waals surface area contributed by atoms with E-state index in [9.17, 15) is 0 Å². The Balaban J connectivity index is 1.42. The monoisotopic (exact) mass is 452 g/mol. The molecule has 8 heteroatoms. The number of hydrogen-bond donors (Lipinski definition) is 3. The van der Waals surface area contributed by atoms with E-state index in [1.807, 2.05) is 72.3 Å². The average Bonchev–Trinajstić information content (AvgIpc) is 3.41. The van der Waals surface area contributed by atoms with Gasteiger partial charge in [0.15, 0.2) is 5.13 Å². The molecule has 0 amide bonds. The number of hydrogen-bond acceptors (Lipinski definition) is 7. The highest BCUT2D eigenvalue weighted by Crippen LogP contribution is 2.39. The molecule has 0 unspecified atom stereocenters. The summed E-state index contributed by atoms with van der Waals surface area (Å²) < 4.78 is 6.95. The lowest BCUT2D eigenvalue weighted by Crippen LogP contribution is -2.08. The molecule has 4 rings (SSSR count). The SMILES string of the molecule is CSc1sc(C(=N)N)cc1-c1csc(Nc2ccc(OCc3ccccc3)cc2)n1. The van der Waals surface area contributed by atoms with Crippen LogP contribution in [0.5, 0.6) is 5.75 Å². The summed E-state index contributed by atoms with van der Waals surface area (Å²) in [6.45, 7) is 0.546. The van der Waals surface area contributed by atoms with Gasteiger partial charge in [-0.25, -0.2) is 4.98 Å². The van der Waals surface area contributed by atoms with Gasteiger partial charge < -0.3 is 15.8 Å². The highest BCUT2D eigenvalue weighted by atomic mass is 32.2. The molecule has 0 spiro atoms. The quantitative estimate of drug-likeness (QED) is 0.168. The number of thioether (sulfide) groups is 1. The first-order chi connectivity index (χ1) is 14.6. The molecule has 30 heavy (non-hydrogen) atoms. The van der Waals surface area contributed by atoms with Crippen molar-refractivity contribution in [3.8, 4) is 17.0 Å². The Bertz CT molecular complexity index is 1140. The lowest BCUT2D eigenvalue weighted by Gasteiger charge is -2.08. The topological polar surface area (TPSA) is 84.0 Å². The smallest absolute Gasteiger partial charge is 0.187 e.